The quantitative estimate of drug-likeness (QED) is 0.640. The summed E-state index contributed by atoms with van der Waals surface area (Å²) in [6.07, 6.45) is 5.62. The number of hydrogen-bond acceptors (Lipinski definition) is 7. The van der Waals surface area contributed by atoms with Gasteiger partial charge in [0.05, 0.1) is 18.8 Å². The third-order valence-corrected chi connectivity index (χ3v) is 5.76. The number of rotatable bonds is 6. The van der Waals surface area contributed by atoms with Crippen molar-refractivity contribution in [3.63, 3.8) is 0 Å². The minimum absolute atomic E-state index is 0.0447. The maximum atomic E-state index is 14.2. The number of piperidine rings is 1. The maximum Gasteiger partial charge on any atom is 0.172 e. The minimum Gasteiger partial charge on any atom is -0.497 e. The first kappa shape index (κ1) is 19.8. The second-order valence-electron chi connectivity index (χ2n) is 8.23. The van der Waals surface area contributed by atoms with Gasteiger partial charge in [-0.3, -0.25) is 4.98 Å². The number of nitrogens with one attached hydrogen (secondary N) is 1. The number of methoxy groups -OCH3 is 1. The highest BCUT2D eigenvalue weighted by atomic mass is 19.1. The van der Waals surface area contributed by atoms with Gasteiger partial charge in [0, 0.05) is 43.7 Å². The third-order valence-electron chi connectivity index (χ3n) is 5.76. The molecule has 0 atom stereocenters. The highest BCUT2D eigenvalue weighted by Crippen LogP contribution is 2.33. The molecule has 5 rings (SSSR count). The van der Waals surface area contributed by atoms with Crippen molar-refractivity contribution in [2.45, 2.75) is 44.8 Å². The van der Waals surface area contributed by atoms with Crippen molar-refractivity contribution in [2.24, 2.45) is 0 Å². The molecule has 1 saturated carbocycles. The van der Waals surface area contributed by atoms with Crippen LogP contribution in [0.2, 0.25) is 0 Å². The van der Waals surface area contributed by atoms with E-state index in [1.165, 1.54) is 13.2 Å². The molecule has 0 amide bonds. The van der Waals surface area contributed by atoms with Crippen LogP contribution >= 0.6 is 0 Å². The van der Waals surface area contributed by atoms with Gasteiger partial charge in [-0.2, -0.15) is 0 Å². The lowest BCUT2D eigenvalue weighted by Crippen LogP contribution is -2.39. The van der Waals surface area contributed by atoms with E-state index in [1.807, 2.05) is 13.0 Å². The van der Waals surface area contributed by atoms with Gasteiger partial charge in [-0.05, 0) is 38.0 Å². The summed E-state index contributed by atoms with van der Waals surface area (Å²) in [5.74, 6) is 2.04. The van der Waals surface area contributed by atoms with Crippen LogP contribution < -0.4 is 19.7 Å². The van der Waals surface area contributed by atoms with E-state index in [1.54, 1.807) is 18.3 Å². The summed E-state index contributed by atoms with van der Waals surface area (Å²) in [4.78, 5) is 16.4. The average molecular weight is 423 g/mol. The predicted molar refractivity (Wildman–Crippen MR) is 118 cm³/mol. The van der Waals surface area contributed by atoms with Gasteiger partial charge in [0.2, 0.25) is 0 Å². The van der Waals surface area contributed by atoms with E-state index >= 15 is 0 Å². The second kappa shape index (κ2) is 8.17. The first-order chi connectivity index (χ1) is 15.1. The lowest BCUT2D eigenvalue weighted by atomic mass is 10.1. The zero-order chi connectivity index (χ0) is 21.4. The molecule has 162 valence electrons. The van der Waals surface area contributed by atoms with Crippen LogP contribution in [0.3, 0.4) is 0 Å². The fourth-order valence-corrected chi connectivity index (χ4v) is 3.86. The van der Waals surface area contributed by atoms with Gasteiger partial charge in [-0.15, -0.1) is 0 Å². The van der Waals surface area contributed by atoms with Gasteiger partial charge in [0.1, 0.15) is 17.4 Å². The first-order valence-electron chi connectivity index (χ1n) is 10.7. The number of pyridine rings is 1. The Balaban J connectivity index is 1.32. The number of halogens is 1. The summed E-state index contributed by atoms with van der Waals surface area (Å²) in [5, 5.41) is 3.53. The Morgan fingerprint density at radius 2 is 1.87 bits per heavy atom. The number of hydrogen-bond donors (Lipinski definition) is 1. The van der Waals surface area contributed by atoms with Gasteiger partial charge in [-0.1, -0.05) is 0 Å². The molecule has 3 aromatic rings. The van der Waals surface area contributed by atoms with E-state index in [2.05, 4.69) is 15.2 Å². The topological polar surface area (TPSA) is 72.4 Å². The maximum absolute atomic E-state index is 14.2. The largest absolute Gasteiger partial charge is 0.497 e. The van der Waals surface area contributed by atoms with E-state index in [0.717, 1.165) is 67.1 Å². The third kappa shape index (κ3) is 4.33. The van der Waals surface area contributed by atoms with Crippen LogP contribution in [0.4, 0.5) is 16.0 Å². The van der Waals surface area contributed by atoms with Crippen LogP contribution in [-0.4, -0.2) is 47.3 Å². The van der Waals surface area contributed by atoms with Crippen LogP contribution in [-0.2, 0) is 0 Å². The van der Waals surface area contributed by atoms with Crippen molar-refractivity contribution in [3.05, 3.63) is 42.0 Å². The van der Waals surface area contributed by atoms with Gasteiger partial charge in [0.25, 0.3) is 0 Å². The molecule has 1 saturated heterocycles. The van der Waals surface area contributed by atoms with Crippen molar-refractivity contribution in [1.82, 2.24) is 15.0 Å². The number of anilines is 2. The Morgan fingerprint density at radius 3 is 2.58 bits per heavy atom. The van der Waals surface area contributed by atoms with Crippen molar-refractivity contribution in [1.29, 1.82) is 0 Å². The van der Waals surface area contributed by atoms with Crippen LogP contribution in [0.15, 0.2) is 30.5 Å². The number of aromatic nitrogens is 3. The molecule has 2 aliphatic rings. The Kier molecular flexibility index (Phi) is 5.21. The number of fused-ring (bicyclic) bond motifs is 1. The summed E-state index contributed by atoms with van der Waals surface area (Å²) in [6, 6.07) is 7.13. The standard InChI is InChI=1S/C23H26FN5O2/c1-14-11-19-20(13-25-14)28-23(22(27-19)26-15-3-4-15)29-9-7-16(8-10-29)31-21-6-5-17(30-2)12-18(21)24/h5-6,11-13,15-16H,3-4,7-10H2,1-2H3,(H,26,27). The second-order valence-corrected chi connectivity index (χ2v) is 8.23. The molecule has 2 fully saturated rings. The molecule has 2 aromatic heterocycles. The monoisotopic (exact) mass is 423 g/mol. The highest BCUT2D eigenvalue weighted by molar-refractivity contribution is 5.80. The molecule has 1 aliphatic heterocycles. The molecule has 3 heterocycles. The average Bonchev–Trinajstić information content (AvgIpc) is 3.59. The Labute approximate surface area is 180 Å². The Bertz CT molecular complexity index is 1100. The number of aryl methyl sites for hydroxylation is 1. The first-order valence-corrected chi connectivity index (χ1v) is 10.7. The SMILES string of the molecule is COc1ccc(OC2CCN(c3nc4cnc(C)cc4nc3NC3CC3)CC2)c(F)c1. The van der Waals surface area contributed by atoms with Gasteiger partial charge >= 0.3 is 0 Å². The van der Waals surface area contributed by atoms with Crippen LogP contribution in [0.5, 0.6) is 11.5 Å². The van der Waals surface area contributed by atoms with Crippen molar-refractivity contribution < 1.29 is 13.9 Å². The van der Waals surface area contributed by atoms with Crippen LogP contribution in [0.1, 0.15) is 31.4 Å². The fraction of sp³-hybridized carbons (Fsp3) is 0.435. The summed E-state index contributed by atoms with van der Waals surface area (Å²) >= 11 is 0. The fourth-order valence-electron chi connectivity index (χ4n) is 3.86. The molecule has 1 aliphatic carbocycles. The van der Waals surface area contributed by atoms with Crippen LogP contribution in [0, 0.1) is 12.7 Å². The molecule has 0 radical (unpaired) electrons. The van der Waals surface area contributed by atoms with Gasteiger partial charge in [-0.25, -0.2) is 14.4 Å². The molecular weight excluding hydrogens is 397 g/mol. The Hall–Kier alpha value is -3.16. The van der Waals surface area contributed by atoms with E-state index < -0.39 is 5.82 Å². The molecule has 1 N–H and O–H groups in total. The molecule has 31 heavy (non-hydrogen) atoms. The zero-order valence-corrected chi connectivity index (χ0v) is 17.8. The number of nitrogens with zero attached hydrogens (tertiary/aromatic N) is 4. The highest BCUT2D eigenvalue weighted by Gasteiger charge is 2.28. The molecular formula is C23H26FN5O2. The van der Waals surface area contributed by atoms with E-state index in [9.17, 15) is 4.39 Å². The molecule has 0 spiro atoms. The van der Waals surface area contributed by atoms with Crippen LogP contribution in [0.25, 0.3) is 11.0 Å². The lowest BCUT2D eigenvalue weighted by Gasteiger charge is -2.33. The Morgan fingerprint density at radius 1 is 1.06 bits per heavy atom. The molecule has 0 bridgehead atoms. The van der Waals surface area contributed by atoms with Crippen molar-refractivity contribution >= 4 is 22.7 Å². The van der Waals surface area contributed by atoms with Gasteiger partial charge < -0.3 is 19.7 Å². The minimum atomic E-state index is -0.402. The lowest BCUT2D eigenvalue weighted by molar-refractivity contribution is 0.163. The smallest absolute Gasteiger partial charge is 0.172 e. The van der Waals surface area contributed by atoms with E-state index in [0.29, 0.717) is 11.8 Å². The molecule has 7 nitrogen and oxygen atoms in total. The number of ether oxygens (including phenoxy) is 2. The molecule has 1 aromatic carbocycles. The normalized spacial score (nSPS) is 17.1. The summed E-state index contributed by atoms with van der Waals surface area (Å²) in [7, 11) is 1.52. The summed E-state index contributed by atoms with van der Waals surface area (Å²) < 4.78 is 25.2. The van der Waals surface area contributed by atoms with Gasteiger partial charge in [0.15, 0.2) is 23.2 Å². The van der Waals surface area contributed by atoms with Crippen molar-refractivity contribution in [3.8, 4) is 11.5 Å². The van der Waals surface area contributed by atoms with Crippen molar-refractivity contribution in [2.75, 3.05) is 30.4 Å². The molecule has 8 heteroatoms. The zero-order valence-electron chi connectivity index (χ0n) is 17.8. The number of benzene rings is 1. The van der Waals surface area contributed by atoms with E-state index in [4.69, 9.17) is 19.4 Å². The summed E-state index contributed by atoms with van der Waals surface area (Å²) in [6.45, 7) is 3.49. The van der Waals surface area contributed by atoms with E-state index in [-0.39, 0.29) is 11.9 Å². The predicted octanol–water partition coefficient (Wildman–Crippen LogP) is 4.10. The molecule has 0 unspecified atom stereocenters. The summed E-state index contributed by atoms with van der Waals surface area (Å²) in [5.41, 5.74) is 2.57.